The molecule has 0 radical (unpaired) electrons. The summed E-state index contributed by atoms with van der Waals surface area (Å²) in [6, 6.07) is 2.02. The molecule has 0 spiro atoms. The van der Waals surface area contributed by atoms with Gasteiger partial charge < -0.3 is 21.1 Å². The van der Waals surface area contributed by atoms with Crippen molar-refractivity contribution in [3.8, 4) is 0 Å². The van der Waals surface area contributed by atoms with E-state index in [4.69, 9.17) is 5.73 Å². The zero-order chi connectivity index (χ0) is 13.3. The van der Waals surface area contributed by atoms with Crippen LogP contribution < -0.4 is 16.0 Å². The summed E-state index contributed by atoms with van der Waals surface area (Å²) in [4.78, 5) is 10.5. The van der Waals surface area contributed by atoms with Crippen molar-refractivity contribution in [2.45, 2.75) is 31.9 Å². The number of aliphatic hydroxyl groups excluding tert-OH is 1. The second-order valence-electron chi connectivity index (χ2n) is 5.03. The first kappa shape index (κ1) is 13.0. The van der Waals surface area contributed by atoms with Gasteiger partial charge in [-0.2, -0.15) is 4.98 Å². The van der Waals surface area contributed by atoms with Crippen molar-refractivity contribution in [1.29, 1.82) is 0 Å². The van der Waals surface area contributed by atoms with Crippen LogP contribution in [0.4, 0.5) is 11.8 Å². The molecule has 2 atom stereocenters. The van der Waals surface area contributed by atoms with Crippen molar-refractivity contribution >= 4 is 11.8 Å². The van der Waals surface area contributed by atoms with E-state index in [0.717, 1.165) is 18.1 Å². The lowest BCUT2D eigenvalue weighted by atomic mass is 10.1. The third kappa shape index (κ3) is 2.54. The number of likely N-dealkylation sites (N-methyl/N-ethyl adjacent to an activating group) is 1. The molecule has 0 aromatic carbocycles. The zero-order valence-electron chi connectivity index (χ0n) is 11.1. The minimum Gasteiger partial charge on any atom is -0.390 e. The molecule has 0 aliphatic carbocycles. The Bertz CT molecular complexity index is 423. The molecular formula is C12H21N5O. The average Bonchev–Trinajstić information content (AvgIpc) is 2.69. The summed E-state index contributed by atoms with van der Waals surface area (Å²) in [5.74, 6) is 1.39. The van der Waals surface area contributed by atoms with Crippen LogP contribution >= 0.6 is 0 Å². The average molecular weight is 251 g/mol. The van der Waals surface area contributed by atoms with Crippen LogP contribution in [0.1, 0.15) is 25.5 Å². The van der Waals surface area contributed by atoms with Crippen molar-refractivity contribution in [1.82, 2.24) is 15.3 Å². The highest BCUT2D eigenvalue weighted by Crippen LogP contribution is 2.23. The van der Waals surface area contributed by atoms with E-state index < -0.39 is 0 Å². The number of aromatic nitrogens is 2. The summed E-state index contributed by atoms with van der Waals surface area (Å²) in [7, 11) is 1.85. The first-order chi connectivity index (χ1) is 8.51. The molecule has 0 saturated carbocycles. The topological polar surface area (TPSA) is 87.3 Å². The van der Waals surface area contributed by atoms with Crippen molar-refractivity contribution < 1.29 is 5.11 Å². The normalized spacial score (nSPS) is 23.9. The molecule has 1 fully saturated rings. The van der Waals surface area contributed by atoms with E-state index in [1.807, 2.05) is 18.0 Å². The molecule has 2 rings (SSSR count). The van der Waals surface area contributed by atoms with Gasteiger partial charge in [0.2, 0.25) is 5.95 Å². The highest BCUT2D eigenvalue weighted by atomic mass is 16.3. The number of hydrogen-bond donors (Lipinski definition) is 3. The predicted molar refractivity (Wildman–Crippen MR) is 71.6 cm³/mol. The number of nitrogens with zero attached hydrogens (tertiary/aromatic N) is 3. The Morgan fingerprint density at radius 1 is 1.44 bits per heavy atom. The van der Waals surface area contributed by atoms with E-state index in [1.165, 1.54) is 0 Å². The Kier molecular flexibility index (Phi) is 3.68. The second-order valence-corrected chi connectivity index (χ2v) is 5.03. The van der Waals surface area contributed by atoms with Crippen molar-refractivity contribution in [2.75, 3.05) is 30.8 Å². The summed E-state index contributed by atoms with van der Waals surface area (Å²) >= 11 is 0. The third-order valence-electron chi connectivity index (χ3n) is 3.33. The van der Waals surface area contributed by atoms with E-state index in [-0.39, 0.29) is 12.1 Å². The van der Waals surface area contributed by atoms with Crippen LogP contribution in [0.2, 0.25) is 0 Å². The van der Waals surface area contributed by atoms with Gasteiger partial charge >= 0.3 is 0 Å². The maximum absolute atomic E-state index is 9.89. The monoisotopic (exact) mass is 251 g/mol. The van der Waals surface area contributed by atoms with Crippen LogP contribution in [0.3, 0.4) is 0 Å². The maximum Gasteiger partial charge on any atom is 0.222 e. The number of hydrogen-bond acceptors (Lipinski definition) is 6. The largest absolute Gasteiger partial charge is 0.390 e. The predicted octanol–water partition coefficient (Wildman–Crippen LogP) is -0.0489. The van der Waals surface area contributed by atoms with Gasteiger partial charge in [0.05, 0.1) is 17.8 Å². The Morgan fingerprint density at radius 3 is 2.72 bits per heavy atom. The molecule has 1 aromatic heterocycles. The number of nitrogens with one attached hydrogen (secondary N) is 1. The van der Waals surface area contributed by atoms with Crippen molar-refractivity contribution in [3.63, 3.8) is 0 Å². The molecule has 1 aliphatic heterocycles. The molecule has 0 unspecified atom stereocenters. The van der Waals surface area contributed by atoms with Crippen LogP contribution in [-0.4, -0.2) is 47.4 Å². The molecule has 0 bridgehead atoms. The quantitative estimate of drug-likeness (QED) is 0.698. The molecule has 6 heteroatoms. The Hall–Kier alpha value is -1.40. The Morgan fingerprint density at radius 2 is 2.17 bits per heavy atom. The van der Waals surface area contributed by atoms with Crippen LogP contribution in [0.5, 0.6) is 0 Å². The molecule has 2 heterocycles. The summed E-state index contributed by atoms with van der Waals surface area (Å²) in [6.45, 7) is 5.44. The van der Waals surface area contributed by atoms with E-state index >= 15 is 0 Å². The Balaban J connectivity index is 2.24. The summed E-state index contributed by atoms with van der Waals surface area (Å²) in [6.07, 6.45) is -0.381. The van der Waals surface area contributed by atoms with Crippen molar-refractivity contribution in [2.24, 2.45) is 0 Å². The van der Waals surface area contributed by atoms with Crippen LogP contribution in [-0.2, 0) is 0 Å². The zero-order valence-corrected chi connectivity index (χ0v) is 11.1. The molecule has 6 nitrogen and oxygen atoms in total. The van der Waals surface area contributed by atoms with Crippen LogP contribution in [0.25, 0.3) is 0 Å². The standard InChI is InChI=1S/C12H21N5O/c1-7(2)8-4-11(16-12(13)15-8)17-5-9(14-3)10(18)6-17/h4,7,9-10,14,18H,5-6H2,1-3H3,(H2,13,15,16)/t9-,10-/m0/s1. The first-order valence-electron chi connectivity index (χ1n) is 6.26. The molecular weight excluding hydrogens is 230 g/mol. The molecule has 18 heavy (non-hydrogen) atoms. The number of nitrogen functional groups attached to an aromatic ring is 1. The number of β-amino-alcohol motifs (C(OH)–C–C–N with tert-alkyl or cyclic N) is 1. The van der Waals surface area contributed by atoms with Gasteiger partial charge in [0.15, 0.2) is 0 Å². The molecule has 1 saturated heterocycles. The Labute approximate surface area is 107 Å². The van der Waals surface area contributed by atoms with E-state index in [1.54, 1.807) is 0 Å². The number of rotatable bonds is 3. The van der Waals surface area contributed by atoms with Gasteiger partial charge in [0.25, 0.3) is 0 Å². The third-order valence-corrected chi connectivity index (χ3v) is 3.33. The van der Waals surface area contributed by atoms with Crippen molar-refractivity contribution in [3.05, 3.63) is 11.8 Å². The van der Waals surface area contributed by atoms with Gasteiger partial charge in [-0.25, -0.2) is 4.98 Å². The minimum absolute atomic E-state index is 0.0729. The smallest absolute Gasteiger partial charge is 0.222 e. The van der Waals surface area contributed by atoms with Crippen LogP contribution in [0, 0.1) is 0 Å². The summed E-state index contributed by atoms with van der Waals surface area (Å²) in [5.41, 5.74) is 6.67. The minimum atomic E-state index is -0.381. The lowest BCUT2D eigenvalue weighted by Crippen LogP contribution is -2.36. The van der Waals surface area contributed by atoms with Gasteiger partial charge in [-0.15, -0.1) is 0 Å². The highest BCUT2D eigenvalue weighted by molar-refractivity contribution is 5.46. The van der Waals surface area contributed by atoms with Gasteiger partial charge in [0.1, 0.15) is 5.82 Å². The second kappa shape index (κ2) is 5.07. The van der Waals surface area contributed by atoms with Gasteiger partial charge in [-0.05, 0) is 13.0 Å². The number of aliphatic hydroxyl groups is 1. The SMILES string of the molecule is CN[C@H]1CN(c2cc(C(C)C)nc(N)n2)C[C@@H]1O. The summed E-state index contributed by atoms with van der Waals surface area (Å²) in [5, 5.41) is 13.0. The fourth-order valence-electron chi connectivity index (χ4n) is 2.19. The molecule has 100 valence electrons. The number of nitrogens with two attached hydrogens (primary N) is 1. The van der Waals surface area contributed by atoms with Crippen LogP contribution in [0.15, 0.2) is 6.07 Å². The van der Waals surface area contributed by atoms with Gasteiger partial charge in [-0.3, -0.25) is 0 Å². The molecule has 1 aliphatic rings. The fourth-order valence-corrected chi connectivity index (χ4v) is 2.19. The molecule has 1 aromatic rings. The number of anilines is 2. The van der Waals surface area contributed by atoms with E-state index in [2.05, 4.69) is 29.1 Å². The van der Waals surface area contributed by atoms with E-state index in [9.17, 15) is 5.11 Å². The first-order valence-corrected chi connectivity index (χ1v) is 6.26. The van der Waals surface area contributed by atoms with Gasteiger partial charge in [0, 0.05) is 19.2 Å². The fraction of sp³-hybridized carbons (Fsp3) is 0.667. The molecule has 0 amide bonds. The lowest BCUT2D eigenvalue weighted by Gasteiger charge is -2.18. The van der Waals surface area contributed by atoms with E-state index in [0.29, 0.717) is 18.4 Å². The maximum atomic E-state index is 9.89. The molecule has 4 N–H and O–H groups in total. The lowest BCUT2D eigenvalue weighted by molar-refractivity contribution is 0.168. The highest BCUT2D eigenvalue weighted by Gasteiger charge is 2.31. The van der Waals surface area contributed by atoms with Gasteiger partial charge in [-0.1, -0.05) is 13.8 Å². The summed E-state index contributed by atoms with van der Waals surface area (Å²) < 4.78 is 0.